The molecular weight excluding hydrogens is 292 g/mol. The van der Waals surface area contributed by atoms with Crippen LogP contribution in [0.15, 0.2) is 29.2 Å². The van der Waals surface area contributed by atoms with E-state index in [-0.39, 0.29) is 22.9 Å². The van der Waals surface area contributed by atoms with E-state index in [2.05, 4.69) is 5.32 Å². The lowest BCUT2D eigenvalue weighted by Crippen LogP contribution is -2.40. The number of likely N-dealkylation sites (N-methyl/N-ethyl adjacent to an activating group) is 2. The number of rotatable bonds is 6. The first kappa shape index (κ1) is 17.2. The highest BCUT2D eigenvalue weighted by molar-refractivity contribution is 7.90. The van der Waals surface area contributed by atoms with Crippen molar-refractivity contribution in [3.05, 3.63) is 29.8 Å². The van der Waals surface area contributed by atoms with Gasteiger partial charge < -0.3 is 10.2 Å². The molecule has 0 aromatic heterocycles. The fraction of sp³-hybridized carbons (Fsp3) is 0.429. The van der Waals surface area contributed by atoms with Crippen LogP contribution >= 0.6 is 0 Å². The summed E-state index contributed by atoms with van der Waals surface area (Å²) in [6.45, 7) is 4.22. The first-order chi connectivity index (χ1) is 9.81. The van der Waals surface area contributed by atoms with E-state index in [1.54, 1.807) is 26.0 Å². The topological polar surface area (TPSA) is 83.6 Å². The van der Waals surface area contributed by atoms with E-state index in [9.17, 15) is 18.0 Å². The van der Waals surface area contributed by atoms with Gasteiger partial charge in [-0.05, 0) is 26.0 Å². The Morgan fingerprint density at radius 2 is 1.81 bits per heavy atom. The summed E-state index contributed by atoms with van der Waals surface area (Å²) < 4.78 is 23.5. The van der Waals surface area contributed by atoms with E-state index in [4.69, 9.17) is 0 Å². The van der Waals surface area contributed by atoms with Gasteiger partial charge in [0.15, 0.2) is 9.84 Å². The molecule has 0 saturated heterocycles. The second kappa shape index (κ2) is 7.21. The van der Waals surface area contributed by atoms with Gasteiger partial charge in [0.2, 0.25) is 5.91 Å². The van der Waals surface area contributed by atoms with Crippen LogP contribution in [0, 0.1) is 0 Å². The third-order valence-electron chi connectivity index (χ3n) is 2.89. The largest absolute Gasteiger partial charge is 0.355 e. The van der Waals surface area contributed by atoms with Crippen molar-refractivity contribution in [2.24, 2.45) is 0 Å². The number of carbonyl (C=O) groups is 2. The summed E-state index contributed by atoms with van der Waals surface area (Å²) in [5.74, 6) is -0.741. The lowest BCUT2D eigenvalue weighted by Gasteiger charge is -2.21. The van der Waals surface area contributed by atoms with Gasteiger partial charge in [-0.15, -0.1) is 0 Å². The minimum atomic E-state index is -3.51. The molecule has 0 bridgehead atoms. The van der Waals surface area contributed by atoms with Gasteiger partial charge in [-0.3, -0.25) is 9.59 Å². The number of amides is 2. The smallest absolute Gasteiger partial charge is 0.255 e. The zero-order valence-electron chi connectivity index (χ0n) is 12.4. The maximum Gasteiger partial charge on any atom is 0.255 e. The molecule has 0 heterocycles. The molecule has 0 radical (unpaired) electrons. The van der Waals surface area contributed by atoms with Gasteiger partial charge in [0, 0.05) is 19.3 Å². The highest BCUT2D eigenvalue weighted by Gasteiger charge is 2.23. The molecule has 6 nitrogen and oxygen atoms in total. The fourth-order valence-corrected chi connectivity index (χ4v) is 2.77. The van der Waals surface area contributed by atoms with Crippen molar-refractivity contribution in [2.45, 2.75) is 18.7 Å². The minimum Gasteiger partial charge on any atom is -0.355 e. The normalized spacial score (nSPS) is 11.0. The van der Waals surface area contributed by atoms with Crippen LogP contribution in [0.4, 0.5) is 0 Å². The molecule has 1 rings (SSSR count). The average Bonchev–Trinajstić information content (AvgIpc) is 2.43. The predicted molar refractivity (Wildman–Crippen MR) is 79.8 cm³/mol. The van der Waals surface area contributed by atoms with Gasteiger partial charge in [-0.25, -0.2) is 8.42 Å². The molecule has 2 amide bonds. The van der Waals surface area contributed by atoms with Gasteiger partial charge in [0.1, 0.15) is 0 Å². The highest BCUT2D eigenvalue weighted by Crippen LogP contribution is 2.17. The molecular formula is C14H20N2O4S. The van der Waals surface area contributed by atoms with Crippen LogP contribution in [0.1, 0.15) is 24.2 Å². The van der Waals surface area contributed by atoms with Crippen molar-refractivity contribution >= 4 is 21.7 Å². The molecule has 0 aliphatic carbocycles. The number of hydrogen-bond acceptors (Lipinski definition) is 4. The number of sulfone groups is 1. The Morgan fingerprint density at radius 3 is 2.33 bits per heavy atom. The molecule has 116 valence electrons. The lowest BCUT2D eigenvalue weighted by atomic mass is 10.2. The van der Waals surface area contributed by atoms with E-state index in [0.717, 1.165) is 6.26 Å². The first-order valence-electron chi connectivity index (χ1n) is 6.66. The summed E-state index contributed by atoms with van der Waals surface area (Å²) in [6.07, 6.45) is 1.05. The summed E-state index contributed by atoms with van der Waals surface area (Å²) >= 11 is 0. The third-order valence-corrected chi connectivity index (χ3v) is 4.05. The standard InChI is InChI=1S/C14H20N2O4S/c1-4-15-13(17)10-16(5-2)14(18)11-8-6-7-9-12(11)21(3,19)20/h6-9H,4-5,10H2,1-3H3,(H,15,17). The molecule has 1 N–H and O–H groups in total. The monoisotopic (exact) mass is 312 g/mol. The van der Waals surface area contributed by atoms with Crippen molar-refractivity contribution in [1.82, 2.24) is 10.2 Å². The molecule has 7 heteroatoms. The second-order valence-corrected chi connectivity index (χ2v) is 6.53. The van der Waals surface area contributed by atoms with Gasteiger partial charge in [-0.2, -0.15) is 0 Å². The molecule has 0 aliphatic heterocycles. The summed E-state index contributed by atoms with van der Waals surface area (Å²) in [5.41, 5.74) is 0.0890. The Hall–Kier alpha value is -1.89. The van der Waals surface area contributed by atoms with Crippen molar-refractivity contribution in [1.29, 1.82) is 0 Å². The van der Waals surface area contributed by atoms with E-state index in [1.165, 1.54) is 17.0 Å². The maximum atomic E-state index is 12.5. The average molecular weight is 312 g/mol. The molecule has 0 saturated carbocycles. The van der Waals surface area contributed by atoms with Crippen LogP contribution in [0.25, 0.3) is 0 Å². The molecule has 0 aliphatic rings. The van der Waals surface area contributed by atoms with Crippen LogP contribution in [-0.2, 0) is 14.6 Å². The van der Waals surface area contributed by atoms with Gasteiger partial charge in [-0.1, -0.05) is 12.1 Å². The van der Waals surface area contributed by atoms with E-state index < -0.39 is 15.7 Å². The Balaban J connectivity index is 3.09. The highest BCUT2D eigenvalue weighted by atomic mass is 32.2. The fourth-order valence-electron chi connectivity index (χ4n) is 1.89. The lowest BCUT2D eigenvalue weighted by molar-refractivity contribution is -0.121. The van der Waals surface area contributed by atoms with E-state index in [0.29, 0.717) is 13.1 Å². The zero-order chi connectivity index (χ0) is 16.0. The molecule has 21 heavy (non-hydrogen) atoms. The van der Waals surface area contributed by atoms with Gasteiger partial charge in [0.05, 0.1) is 17.0 Å². The second-order valence-electron chi connectivity index (χ2n) is 4.54. The molecule has 1 aromatic rings. The van der Waals surface area contributed by atoms with Crippen LogP contribution in [0.2, 0.25) is 0 Å². The number of carbonyl (C=O) groups excluding carboxylic acids is 2. The molecule has 0 unspecified atom stereocenters. The van der Waals surface area contributed by atoms with Gasteiger partial charge in [0.25, 0.3) is 5.91 Å². The SMILES string of the molecule is CCNC(=O)CN(CC)C(=O)c1ccccc1S(C)(=O)=O. The minimum absolute atomic E-state index is 0.0238. The number of benzene rings is 1. The van der Waals surface area contributed by atoms with Crippen molar-refractivity contribution in [3.63, 3.8) is 0 Å². The van der Waals surface area contributed by atoms with Crippen molar-refractivity contribution in [3.8, 4) is 0 Å². The van der Waals surface area contributed by atoms with Crippen LogP contribution in [-0.4, -0.2) is 51.0 Å². The number of nitrogens with one attached hydrogen (secondary N) is 1. The zero-order valence-corrected chi connectivity index (χ0v) is 13.2. The molecule has 0 atom stereocenters. The number of nitrogens with zero attached hydrogens (tertiary/aromatic N) is 1. The third kappa shape index (κ3) is 4.56. The Kier molecular flexibility index (Phi) is 5.90. The molecule has 1 aromatic carbocycles. The van der Waals surface area contributed by atoms with Crippen LogP contribution in [0.3, 0.4) is 0 Å². The Bertz CT molecular complexity index is 626. The first-order valence-corrected chi connectivity index (χ1v) is 8.55. The van der Waals surface area contributed by atoms with Crippen molar-refractivity contribution < 1.29 is 18.0 Å². The molecule has 0 spiro atoms. The predicted octanol–water partition coefficient (Wildman–Crippen LogP) is 0.688. The van der Waals surface area contributed by atoms with Crippen LogP contribution < -0.4 is 5.32 Å². The van der Waals surface area contributed by atoms with Crippen LogP contribution in [0.5, 0.6) is 0 Å². The maximum absolute atomic E-state index is 12.5. The van der Waals surface area contributed by atoms with Crippen molar-refractivity contribution in [2.75, 3.05) is 25.9 Å². The van der Waals surface area contributed by atoms with E-state index >= 15 is 0 Å². The molecule has 0 fully saturated rings. The van der Waals surface area contributed by atoms with Gasteiger partial charge >= 0.3 is 0 Å². The quantitative estimate of drug-likeness (QED) is 0.837. The Labute approximate surface area is 125 Å². The summed E-state index contributed by atoms with van der Waals surface area (Å²) in [5, 5.41) is 2.61. The summed E-state index contributed by atoms with van der Waals surface area (Å²) in [4.78, 5) is 25.4. The number of hydrogen-bond donors (Lipinski definition) is 1. The Morgan fingerprint density at radius 1 is 1.19 bits per heavy atom. The summed E-state index contributed by atoms with van der Waals surface area (Å²) in [7, 11) is -3.51. The van der Waals surface area contributed by atoms with E-state index in [1.807, 2.05) is 0 Å². The summed E-state index contributed by atoms with van der Waals surface area (Å²) in [6, 6.07) is 6.01.